The lowest BCUT2D eigenvalue weighted by molar-refractivity contribution is -0.137. The molecule has 4 rings (SSSR count). The van der Waals surface area contributed by atoms with Gasteiger partial charge in [-0.3, -0.25) is 14.5 Å². The van der Waals surface area contributed by atoms with Crippen LogP contribution in [0.5, 0.6) is 0 Å². The number of carbonyl (C=O) groups excluding carboxylic acids is 2. The lowest BCUT2D eigenvalue weighted by atomic mass is 10.1. The summed E-state index contributed by atoms with van der Waals surface area (Å²) in [6.45, 7) is 3.61. The topological polar surface area (TPSA) is 43.9 Å². The Balaban J connectivity index is 1.30. The third-order valence-electron chi connectivity index (χ3n) is 6.40. The number of nitrogens with zero attached hydrogens (tertiary/aromatic N) is 3. The molecule has 3 fully saturated rings. The van der Waals surface area contributed by atoms with Gasteiger partial charge < -0.3 is 9.80 Å². The predicted molar refractivity (Wildman–Crippen MR) is 105 cm³/mol. The SMILES string of the molecule is O=C(C1CC(=O)N(C2CCCC2)C1)N1CCN(Cc2c(F)cccc2Cl)CC1. The van der Waals surface area contributed by atoms with Crippen molar-refractivity contribution in [2.45, 2.75) is 44.7 Å². The van der Waals surface area contributed by atoms with Crippen LogP contribution in [0.4, 0.5) is 4.39 Å². The second kappa shape index (κ2) is 8.37. The Morgan fingerprint density at radius 1 is 1.14 bits per heavy atom. The molecule has 0 N–H and O–H groups in total. The summed E-state index contributed by atoms with van der Waals surface area (Å²) in [5.74, 6) is -0.265. The lowest BCUT2D eigenvalue weighted by Crippen LogP contribution is -2.50. The third kappa shape index (κ3) is 4.03. The van der Waals surface area contributed by atoms with E-state index in [1.807, 2.05) is 9.80 Å². The van der Waals surface area contributed by atoms with Gasteiger partial charge in [-0.15, -0.1) is 0 Å². The Hall–Kier alpha value is -1.66. The molecule has 1 aromatic carbocycles. The molecule has 2 heterocycles. The fraction of sp³-hybridized carbons (Fsp3) is 0.619. The Bertz CT molecular complexity index is 725. The van der Waals surface area contributed by atoms with Crippen molar-refractivity contribution in [2.75, 3.05) is 32.7 Å². The van der Waals surface area contributed by atoms with E-state index in [-0.39, 0.29) is 23.5 Å². The van der Waals surface area contributed by atoms with Crippen molar-refractivity contribution in [3.63, 3.8) is 0 Å². The van der Waals surface area contributed by atoms with E-state index in [1.165, 1.54) is 18.9 Å². The highest BCUT2D eigenvalue weighted by atomic mass is 35.5. The average molecular weight is 408 g/mol. The Labute approximate surface area is 170 Å². The van der Waals surface area contributed by atoms with Gasteiger partial charge in [-0.1, -0.05) is 30.5 Å². The molecule has 1 unspecified atom stereocenters. The molecule has 0 spiro atoms. The number of rotatable bonds is 4. The summed E-state index contributed by atoms with van der Waals surface area (Å²) in [6, 6.07) is 5.07. The molecular weight excluding hydrogens is 381 g/mol. The summed E-state index contributed by atoms with van der Waals surface area (Å²) in [4.78, 5) is 31.2. The van der Waals surface area contributed by atoms with Gasteiger partial charge in [0.15, 0.2) is 0 Å². The van der Waals surface area contributed by atoms with Gasteiger partial charge in [-0.25, -0.2) is 4.39 Å². The maximum atomic E-state index is 14.0. The maximum absolute atomic E-state index is 14.0. The zero-order valence-electron chi connectivity index (χ0n) is 16.1. The first-order chi connectivity index (χ1) is 13.5. The van der Waals surface area contributed by atoms with E-state index < -0.39 is 0 Å². The van der Waals surface area contributed by atoms with Crippen LogP contribution < -0.4 is 0 Å². The third-order valence-corrected chi connectivity index (χ3v) is 6.75. The van der Waals surface area contributed by atoms with Gasteiger partial charge in [0.05, 0.1) is 5.92 Å². The van der Waals surface area contributed by atoms with E-state index in [0.717, 1.165) is 12.8 Å². The van der Waals surface area contributed by atoms with Gasteiger partial charge in [-0.05, 0) is 25.0 Å². The van der Waals surface area contributed by atoms with Gasteiger partial charge in [0, 0.05) is 62.3 Å². The Kier molecular flexibility index (Phi) is 5.88. The van der Waals surface area contributed by atoms with Crippen LogP contribution in [0.25, 0.3) is 0 Å². The standard InChI is InChI=1S/C21H27ClFN3O2/c22-18-6-3-7-19(23)17(18)14-24-8-10-25(11-9-24)21(28)15-12-20(27)26(13-15)16-4-1-2-5-16/h3,6-7,15-16H,1-2,4-5,8-14H2. The van der Waals surface area contributed by atoms with Gasteiger partial charge in [0.2, 0.25) is 11.8 Å². The van der Waals surface area contributed by atoms with Crippen LogP contribution in [0.15, 0.2) is 18.2 Å². The van der Waals surface area contributed by atoms with Crippen molar-refractivity contribution in [1.29, 1.82) is 0 Å². The molecule has 28 heavy (non-hydrogen) atoms. The number of halogens is 2. The minimum absolute atomic E-state index is 0.0948. The van der Waals surface area contributed by atoms with Crippen LogP contribution >= 0.6 is 11.6 Å². The van der Waals surface area contributed by atoms with E-state index in [9.17, 15) is 14.0 Å². The van der Waals surface area contributed by atoms with E-state index in [0.29, 0.717) is 62.3 Å². The fourth-order valence-corrected chi connectivity index (χ4v) is 4.98. The highest BCUT2D eigenvalue weighted by Crippen LogP contribution is 2.30. The number of likely N-dealkylation sites (tertiary alicyclic amines) is 1. The van der Waals surface area contributed by atoms with Crippen molar-refractivity contribution in [1.82, 2.24) is 14.7 Å². The number of hydrogen-bond acceptors (Lipinski definition) is 3. The Morgan fingerprint density at radius 3 is 2.54 bits per heavy atom. The molecule has 1 saturated carbocycles. The number of amides is 2. The molecule has 1 aromatic rings. The predicted octanol–water partition coefficient (Wildman–Crippen LogP) is 2.91. The van der Waals surface area contributed by atoms with E-state index in [1.54, 1.807) is 12.1 Å². The Morgan fingerprint density at radius 2 is 1.86 bits per heavy atom. The van der Waals surface area contributed by atoms with E-state index in [2.05, 4.69) is 4.90 Å². The lowest BCUT2D eigenvalue weighted by Gasteiger charge is -2.36. The maximum Gasteiger partial charge on any atom is 0.228 e. The van der Waals surface area contributed by atoms with E-state index in [4.69, 9.17) is 11.6 Å². The molecule has 2 aliphatic heterocycles. The zero-order chi connectivity index (χ0) is 19.7. The molecule has 2 saturated heterocycles. The van der Waals surface area contributed by atoms with Crippen LogP contribution in [0, 0.1) is 11.7 Å². The van der Waals surface area contributed by atoms with Crippen molar-refractivity contribution < 1.29 is 14.0 Å². The summed E-state index contributed by atoms with van der Waals surface area (Å²) in [5, 5.41) is 0.440. The molecule has 3 aliphatic rings. The number of benzene rings is 1. The second-order valence-corrected chi connectivity index (χ2v) is 8.59. The first-order valence-electron chi connectivity index (χ1n) is 10.3. The molecule has 0 radical (unpaired) electrons. The molecule has 0 aromatic heterocycles. The molecule has 152 valence electrons. The van der Waals surface area contributed by atoms with Crippen LogP contribution in [0.3, 0.4) is 0 Å². The average Bonchev–Trinajstić information content (AvgIpc) is 3.34. The van der Waals surface area contributed by atoms with Gasteiger partial charge in [-0.2, -0.15) is 0 Å². The largest absolute Gasteiger partial charge is 0.340 e. The van der Waals surface area contributed by atoms with Gasteiger partial charge >= 0.3 is 0 Å². The van der Waals surface area contributed by atoms with Gasteiger partial charge in [0.1, 0.15) is 5.82 Å². The molecule has 7 heteroatoms. The van der Waals surface area contributed by atoms with Crippen molar-refractivity contribution in [3.05, 3.63) is 34.6 Å². The number of piperazine rings is 1. The first-order valence-corrected chi connectivity index (χ1v) is 10.6. The quantitative estimate of drug-likeness (QED) is 0.770. The smallest absolute Gasteiger partial charge is 0.228 e. The van der Waals surface area contributed by atoms with Crippen LogP contribution in [0.1, 0.15) is 37.7 Å². The summed E-state index contributed by atoms with van der Waals surface area (Å²) >= 11 is 6.13. The van der Waals surface area contributed by atoms with Crippen LogP contribution in [-0.2, 0) is 16.1 Å². The second-order valence-electron chi connectivity index (χ2n) is 8.19. The normalized spacial score (nSPS) is 24.4. The van der Waals surface area contributed by atoms with Crippen LogP contribution in [0.2, 0.25) is 5.02 Å². The van der Waals surface area contributed by atoms with Crippen LogP contribution in [-0.4, -0.2) is 65.3 Å². The minimum Gasteiger partial charge on any atom is -0.340 e. The molecule has 2 amide bonds. The molecule has 0 bridgehead atoms. The summed E-state index contributed by atoms with van der Waals surface area (Å²) < 4.78 is 14.0. The number of carbonyl (C=O) groups is 2. The summed E-state index contributed by atoms with van der Waals surface area (Å²) in [7, 11) is 0. The fourth-order valence-electron chi connectivity index (χ4n) is 4.76. The minimum atomic E-state index is -0.289. The highest BCUT2D eigenvalue weighted by Gasteiger charge is 2.40. The van der Waals surface area contributed by atoms with E-state index >= 15 is 0 Å². The molecule has 5 nitrogen and oxygen atoms in total. The molecule has 1 atom stereocenters. The first kappa shape index (κ1) is 19.6. The summed E-state index contributed by atoms with van der Waals surface area (Å²) in [6.07, 6.45) is 4.86. The zero-order valence-corrected chi connectivity index (χ0v) is 16.8. The summed E-state index contributed by atoms with van der Waals surface area (Å²) in [5.41, 5.74) is 0.512. The molecular formula is C21H27ClFN3O2. The molecule has 1 aliphatic carbocycles. The van der Waals surface area contributed by atoms with Crippen molar-refractivity contribution >= 4 is 23.4 Å². The van der Waals surface area contributed by atoms with Crippen molar-refractivity contribution in [2.24, 2.45) is 5.92 Å². The monoisotopic (exact) mass is 407 g/mol. The van der Waals surface area contributed by atoms with Crippen molar-refractivity contribution in [3.8, 4) is 0 Å². The number of hydrogen-bond donors (Lipinski definition) is 0. The highest BCUT2D eigenvalue weighted by molar-refractivity contribution is 6.31. The van der Waals surface area contributed by atoms with Gasteiger partial charge in [0.25, 0.3) is 0 Å².